The summed E-state index contributed by atoms with van der Waals surface area (Å²) in [6, 6.07) is 18.4. The maximum atomic E-state index is 14.2. The molecule has 3 nitrogen and oxygen atoms in total. The zero-order valence-electron chi connectivity index (χ0n) is 16.9. The lowest BCUT2D eigenvalue weighted by Gasteiger charge is -2.22. The molecule has 0 aliphatic carbocycles. The van der Waals surface area contributed by atoms with Crippen LogP contribution >= 0.6 is 7.37 Å². The van der Waals surface area contributed by atoms with E-state index in [0.717, 1.165) is 27.8 Å². The molecule has 1 atom stereocenters. The average Bonchev–Trinajstić information content (AvgIpc) is 2.63. The van der Waals surface area contributed by atoms with Crippen molar-refractivity contribution in [3.05, 3.63) is 94.0 Å². The normalized spacial score (nSPS) is 13.0. The molecule has 1 unspecified atom stereocenters. The first-order valence-electron chi connectivity index (χ1n) is 9.27. The van der Waals surface area contributed by atoms with Gasteiger partial charge in [-0.3, -0.25) is 9.36 Å². The average molecular weight is 392 g/mol. The van der Waals surface area contributed by atoms with Gasteiger partial charge in [-0.2, -0.15) is 0 Å². The summed E-state index contributed by atoms with van der Waals surface area (Å²) in [5, 5.41) is 0.408. The molecule has 0 saturated carbocycles. The highest BCUT2D eigenvalue weighted by Gasteiger charge is 2.39. The number of para-hydroxylation sites is 1. The van der Waals surface area contributed by atoms with Gasteiger partial charge in [-0.15, -0.1) is 0 Å². The summed E-state index contributed by atoms with van der Waals surface area (Å²) in [6.07, 6.45) is 0. The number of hydrogen-bond donors (Lipinski definition) is 0. The minimum Gasteiger partial charge on any atom is -0.435 e. The lowest BCUT2D eigenvalue weighted by Crippen LogP contribution is -2.19. The molecule has 0 saturated heterocycles. The second-order valence-electron chi connectivity index (χ2n) is 7.32. The maximum Gasteiger partial charge on any atom is 0.346 e. The molecule has 0 radical (unpaired) electrons. The van der Waals surface area contributed by atoms with E-state index in [9.17, 15) is 9.36 Å². The molecule has 0 heterocycles. The van der Waals surface area contributed by atoms with E-state index in [-0.39, 0.29) is 0 Å². The van der Waals surface area contributed by atoms with E-state index in [0.29, 0.717) is 16.6 Å². The van der Waals surface area contributed by atoms with Gasteiger partial charge in [0, 0.05) is 5.56 Å². The number of carbonyl (C=O) groups excluding carboxylic acids is 1. The van der Waals surface area contributed by atoms with Crippen LogP contribution in [0.5, 0.6) is 5.75 Å². The van der Waals surface area contributed by atoms with E-state index in [1.807, 2.05) is 77.1 Å². The molecule has 0 aliphatic rings. The van der Waals surface area contributed by atoms with Crippen LogP contribution in [0.15, 0.2) is 60.7 Å². The van der Waals surface area contributed by atoms with Crippen LogP contribution in [0.1, 0.15) is 38.2 Å². The fraction of sp³-hybridized carbons (Fsp3) is 0.208. The largest absolute Gasteiger partial charge is 0.435 e. The highest BCUT2D eigenvalue weighted by molar-refractivity contribution is 7.83. The molecule has 0 amide bonds. The SMILES string of the molecule is Cc1ccc(P(=O)(Oc2ccccc2C)C(=O)c2c(C)cc(C)cc2C)cc1. The Morgan fingerprint density at radius 3 is 1.89 bits per heavy atom. The van der Waals surface area contributed by atoms with Gasteiger partial charge in [0.1, 0.15) is 5.75 Å². The standard InChI is InChI=1S/C24H25O3P/c1-16-10-12-21(13-11-16)28(26,27-22-9-7-6-8-18(22)3)24(25)23-19(4)14-17(2)15-20(23)5/h6-15H,1-5H3. The Morgan fingerprint density at radius 1 is 0.750 bits per heavy atom. The van der Waals surface area contributed by atoms with Crippen molar-refractivity contribution in [2.24, 2.45) is 0 Å². The molecule has 4 heteroatoms. The Labute approximate surface area is 166 Å². The quantitative estimate of drug-likeness (QED) is 0.496. The summed E-state index contributed by atoms with van der Waals surface area (Å²) in [5.74, 6) is 0.460. The third-order valence-electron chi connectivity index (χ3n) is 4.85. The first kappa shape index (κ1) is 20.1. The van der Waals surface area contributed by atoms with Crippen LogP contribution in [-0.4, -0.2) is 5.52 Å². The van der Waals surface area contributed by atoms with Gasteiger partial charge in [-0.25, -0.2) is 0 Å². The number of hydrogen-bond acceptors (Lipinski definition) is 3. The molecule has 28 heavy (non-hydrogen) atoms. The zero-order valence-corrected chi connectivity index (χ0v) is 17.8. The topological polar surface area (TPSA) is 43.4 Å². The van der Waals surface area contributed by atoms with Gasteiger partial charge < -0.3 is 4.52 Å². The molecule has 0 fully saturated rings. The zero-order chi connectivity index (χ0) is 20.5. The van der Waals surface area contributed by atoms with Gasteiger partial charge in [-0.05, 0) is 69.5 Å². The van der Waals surface area contributed by atoms with Crippen LogP contribution in [0.3, 0.4) is 0 Å². The summed E-state index contributed by atoms with van der Waals surface area (Å²) >= 11 is 0. The van der Waals surface area contributed by atoms with Crippen LogP contribution < -0.4 is 9.83 Å². The highest BCUT2D eigenvalue weighted by Crippen LogP contribution is 2.50. The third-order valence-corrected chi connectivity index (χ3v) is 7.04. The first-order chi connectivity index (χ1) is 13.2. The van der Waals surface area contributed by atoms with E-state index in [2.05, 4.69) is 0 Å². The van der Waals surface area contributed by atoms with Crippen molar-refractivity contribution in [2.75, 3.05) is 0 Å². The first-order valence-corrected chi connectivity index (χ1v) is 10.9. The van der Waals surface area contributed by atoms with Crippen molar-refractivity contribution in [3.8, 4) is 5.75 Å². The number of benzene rings is 3. The maximum absolute atomic E-state index is 14.2. The summed E-state index contributed by atoms with van der Waals surface area (Å²) in [5.41, 5.74) is 4.56. The lowest BCUT2D eigenvalue weighted by atomic mass is 10.0. The summed E-state index contributed by atoms with van der Waals surface area (Å²) in [4.78, 5) is 13.6. The molecule has 144 valence electrons. The van der Waals surface area contributed by atoms with Crippen molar-refractivity contribution in [3.63, 3.8) is 0 Å². The monoisotopic (exact) mass is 392 g/mol. The Hall–Kier alpha value is -2.64. The van der Waals surface area contributed by atoms with Crippen LogP contribution in [0.4, 0.5) is 0 Å². The third kappa shape index (κ3) is 3.81. The van der Waals surface area contributed by atoms with E-state index in [1.54, 1.807) is 18.2 Å². The van der Waals surface area contributed by atoms with Crippen LogP contribution in [0.25, 0.3) is 0 Å². The molecule has 3 rings (SSSR count). The van der Waals surface area contributed by atoms with Gasteiger partial charge in [0.15, 0.2) is 0 Å². The predicted molar refractivity (Wildman–Crippen MR) is 115 cm³/mol. The Bertz CT molecular complexity index is 1060. The molecular weight excluding hydrogens is 367 g/mol. The van der Waals surface area contributed by atoms with Crippen molar-refractivity contribution < 1.29 is 13.9 Å². The molecule has 0 aromatic heterocycles. The van der Waals surface area contributed by atoms with Crippen molar-refractivity contribution in [1.82, 2.24) is 0 Å². The Morgan fingerprint density at radius 2 is 1.32 bits per heavy atom. The van der Waals surface area contributed by atoms with Gasteiger partial charge in [0.05, 0.1) is 5.30 Å². The molecular formula is C24H25O3P. The second-order valence-corrected chi connectivity index (χ2v) is 9.53. The molecule has 0 bridgehead atoms. The van der Waals surface area contributed by atoms with Gasteiger partial charge in [0.25, 0.3) is 5.52 Å². The van der Waals surface area contributed by atoms with Crippen molar-refractivity contribution in [1.29, 1.82) is 0 Å². The Kier molecular flexibility index (Phi) is 5.58. The summed E-state index contributed by atoms with van der Waals surface area (Å²) in [7, 11) is -3.86. The van der Waals surface area contributed by atoms with Crippen molar-refractivity contribution >= 4 is 18.2 Å². The second kappa shape index (κ2) is 7.77. The minimum absolute atomic E-state index is 0.408. The fourth-order valence-corrected chi connectivity index (χ4v) is 5.51. The molecule has 3 aromatic rings. The number of rotatable bonds is 5. The lowest BCUT2D eigenvalue weighted by molar-refractivity contribution is 0.106. The predicted octanol–water partition coefficient (Wildman–Crippen LogP) is 6.05. The smallest absolute Gasteiger partial charge is 0.346 e. The Balaban J connectivity index is 2.19. The highest BCUT2D eigenvalue weighted by atomic mass is 31.2. The van der Waals surface area contributed by atoms with Crippen LogP contribution in [0, 0.1) is 34.6 Å². The molecule has 0 N–H and O–H groups in total. The fourth-order valence-electron chi connectivity index (χ4n) is 3.41. The van der Waals surface area contributed by atoms with E-state index in [4.69, 9.17) is 4.52 Å². The number of aryl methyl sites for hydroxylation is 5. The summed E-state index contributed by atoms with van der Waals surface area (Å²) < 4.78 is 20.2. The van der Waals surface area contributed by atoms with Gasteiger partial charge >= 0.3 is 7.37 Å². The van der Waals surface area contributed by atoms with Gasteiger partial charge in [-0.1, -0.05) is 53.6 Å². The summed E-state index contributed by atoms with van der Waals surface area (Å²) in [6.45, 7) is 9.56. The van der Waals surface area contributed by atoms with E-state index < -0.39 is 12.9 Å². The molecule has 3 aromatic carbocycles. The number of carbonyl (C=O) groups is 1. The minimum atomic E-state index is -3.86. The van der Waals surface area contributed by atoms with E-state index >= 15 is 0 Å². The molecule has 0 spiro atoms. The van der Waals surface area contributed by atoms with E-state index in [1.165, 1.54) is 0 Å². The van der Waals surface area contributed by atoms with Crippen LogP contribution in [0.2, 0.25) is 0 Å². The van der Waals surface area contributed by atoms with Crippen molar-refractivity contribution in [2.45, 2.75) is 34.6 Å². The van der Waals surface area contributed by atoms with Gasteiger partial charge in [0.2, 0.25) is 0 Å². The van der Waals surface area contributed by atoms with Crippen LogP contribution in [-0.2, 0) is 4.57 Å². The molecule has 0 aliphatic heterocycles.